The molecule has 0 N–H and O–H groups in total. The fourth-order valence-corrected chi connectivity index (χ4v) is 4.78. The van der Waals surface area contributed by atoms with Crippen LogP contribution in [-0.2, 0) is 13.1 Å². The van der Waals surface area contributed by atoms with Crippen LogP contribution in [0.4, 0.5) is 4.39 Å². The molecular weight excluding hydrogens is 415 g/mol. The molecule has 4 rings (SSSR count). The monoisotopic (exact) mass is 440 g/mol. The summed E-state index contributed by atoms with van der Waals surface area (Å²) in [4.78, 5) is 6.08. The van der Waals surface area contributed by atoms with E-state index in [0.717, 1.165) is 42.2 Å². The summed E-state index contributed by atoms with van der Waals surface area (Å²) in [6.07, 6.45) is 3.20. The van der Waals surface area contributed by atoms with E-state index < -0.39 is 0 Å². The first-order valence-electron chi connectivity index (χ1n) is 10.2. The van der Waals surface area contributed by atoms with Crippen LogP contribution in [0.3, 0.4) is 0 Å². The molecule has 5 heteroatoms. The molecule has 0 bridgehead atoms. The van der Waals surface area contributed by atoms with Gasteiger partial charge in [0.1, 0.15) is 5.82 Å². The van der Waals surface area contributed by atoms with E-state index in [-0.39, 0.29) is 12.0 Å². The Labute approximate surface area is 187 Å². The number of hydrogen-bond acceptors (Lipinski definition) is 3. The molecule has 0 radical (unpaired) electrons. The second kappa shape index (κ2) is 9.97. The molecule has 1 fully saturated rings. The lowest BCUT2D eigenvalue weighted by atomic mass is 10.0. The van der Waals surface area contributed by atoms with Crippen LogP contribution >= 0.6 is 23.4 Å². The predicted molar refractivity (Wildman–Crippen MR) is 124 cm³/mol. The van der Waals surface area contributed by atoms with Crippen LogP contribution in [0.15, 0.2) is 77.7 Å². The highest BCUT2D eigenvalue weighted by molar-refractivity contribution is 7.98. The lowest BCUT2D eigenvalue weighted by Gasteiger charge is -2.44. The van der Waals surface area contributed by atoms with Crippen molar-refractivity contribution >= 4 is 23.4 Å². The van der Waals surface area contributed by atoms with Crippen molar-refractivity contribution in [2.75, 3.05) is 19.3 Å². The van der Waals surface area contributed by atoms with Crippen molar-refractivity contribution in [2.45, 2.75) is 30.6 Å². The van der Waals surface area contributed by atoms with Crippen molar-refractivity contribution in [3.8, 4) is 0 Å². The van der Waals surface area contributed by atoms with E-state index in [1.807, 2.05) is 30.3 Å². The van der Waals surface area contributed by atoms with Gasteiger partial charge in [0.05, 0.1) is 6.17 Å². The smallest absolute Gasteiger partial charge is 0.127 e. The molecule has 0 amide bonds. The molecular formula is C25H26ClFN2S. The molecule has 1 unspecified atom stereocenters. The maximum absolute atomic E-state index is 14.4. The Morgan fingerprint density at radius 3 is 2.10 bits per heavy atom. The van der Waals surface area contributed by atoms with Crippen molar-refractivity contribution < 1.29 is 4.39 Å². The van der Waals surface area contributed by atoms with Crippen molar-refractivity contribution in [2.24, 2.45) is 0 Å². The van der Waals surface area contributed by atoms with Crippen molar-refractivity contribution in [3.63, 3.8) is 0 Å². The van der Waals surface area contributed by atoms with Gasteiger partial charge in [-0.2, -0.15) is 0 Å². The zero-order chi connectivity index (χ0) is 20.9. The topological polar surface area (TPSA) is 6.48 Å². The van der Waals surface area contributed by atoms with Crippen molar-refractivity contribution in [1.82, 2.24) is 9.80 Å². The van der Waals surface area contributed by atoms with E-state index in [4.69, 9.17) is 11.6 Å². The van der Waals surface area contributed by atoms with Gasteiger partial charge in [-0.05, 0) is 48.1 Å². The Morgan fingerprint density at radius 2 is 1.47 bits per heavy atom. The van der Waals surface area contributed by atoms with Gasteiger partial charge >= 0.3 is 0 Å². The van der Waals surface area contributed by atoms with E-state index >= 15 is 0 Å². The van der Waals surface area contributed by atoms with E-state index in [1.54, 1.807) is 23.9 Å². The summed E-state index contributed by atoms with van der Waals surface area (Å²) in [5.41, 5.74) is 3.09. The normalized spacial score (nSPS) is 17.9. The summed E-state index contributed by atoms with van der Waals surface area (Å²) >= 11 is 8.21. The van der Waals surface area contributed by atoms with Crippen LogP contribution in [0.25, 0.3) is 0 Å². The number of rotatable bonds is 6. The third kappa shape index (κ3) is 4.89. The zero-order valence-electron chi connectivity index (χ0n) is 17.1. The Morgan fingerprint density at radius 1 is 0.867 bits per heavy atom. The number of halogens is 2. The summed E-state index contributed by atoms with van der Waals surface area (Å²) in [5, 5.41) is 0.792. The van der Waals surface area contributed by atoms with Gasteiger partial charge in [-0.15, -0.1) is 11.8 Å². The maximum Gasteiger partial charge on any atom is 0.127 e. The molecule has 156 valence electrons. The first-order chi connectivity index (χ1) is 14.7. The van der Waals surface area contributed by atoms with Crippen LogP contribution in [-0.4, -0.2) is 29.1 Å². The molecule has 3 aromatic carbocycles. The van der Waals surface area contributed by atoms with Gasteiger partial charge in [0.25, 0.3) is 0 Å². The second-order valence-electron chi connectivity index (χ2n) is 7.62. The summed E-state index contributed by atoms with van der Waals surface area (Å²) in [5.74, 6) is -0.141. The second-order valence-corrected chi connectivity index (χ2v) is 8.91. The minimum atomic E-state index is -0.141. The van der Waals surface area contributed by atoms with Gasteiger partial charge in [0.15, 0.2) is 0 Å². The van der Waals surface area contributed by atoms with E-state index in [0.29, 0.717) is 6.54 Å². The van der Waals surface area contributed by atoms with E-state index in [1.165, 1.54) is 10.5 Å². The summed E-state index contributed by atoms with van der Waals surface area (Å²) in [7, 11) is 0. The first-order valence-corrected chi connectivity index (χ1v) is 11.8. The van der Waals surface area contributed by atoms with Crippen LogP contribution in [0.5, 0.6) is 0 Å². The number of nitrogens with zero attached hydrogens (tertiary/aromatic N) is 2. The number of thioether (sulfide) groups is 1. The van der Waals surface area contributed by atoms with Crippen LogP contribution in [0.2, 0.25) is 5.02 Å². The maximum atomic E-state index is 14.4. The molecule has 1 aliphatic rings. The Balaban J connectivity index is 1.67. The highest BCUT2D eigenvalue weighted by Gasteiger charge is 2.31. The average Bonchev–Trinajstić information content (AvgIpc) is 2.77. The van der Waals surface area contributed by atoms with Crippen molar-refractivity contribution in [3.05, 3.63) is 100 Å². The quantitative estimate of drug-likeness (QED) is 0.398. The fraction of sp³-hybridized carbons (Fsp3) is 0.280. The zero-order valence-corrected chi connectivity index (χ0v) is 18.7. The average molecular weight is 441 g/mol. The molecule has 30 heavy (non-hydrogen) atoms. The minimum absolute atomic E-state index is 0.0746. The minimum Gasteiger partial charge on any atom is -0.280 e. The molecule has 2 nitrogen and oxygen atoms in total. The number of hydrogen-bond donors (Lipinski definition) is 0. The molecule has 0 saturated carbocycles. The van der Waals surface area contributed by atoms with Gasteiger partial charge in [-0.1, -0.05) is 60.1 Å². The highest BCUT2D eigenvalue weighted by Crippen LogP contribution is 2.34. The Kier molecular flexibility index (Phi) is 7.11. The molecule has 1 saturated heterocycles. The molecule has 1 heterocycles. The molecule has 1 aliphatic heterocycles. The van der Waals surface area contributed by atoms with Gasteiger partial charge in [0.2, 0.25) is 0 Å². The molecule has 1 atom stereocenters. The summed E-state index contributed by atoms with van der Waals surface area (Å²) < 4.78 is 14.4. The third-order valence-corrected chi connectivity index (χ3v) is 6.77. The van der Waals surface area contributed by atoms with Gasteiger partial charge in [0, 0.05) is 41.7 Å². The van der Waals surface area contributed by atoms with Crippen LogP contribution < -0.4 is 0 Å². The Hall–Kier alpha value is -1.85. The predicted octanol–water partition coefficient (Wildman–Crippen LogP) is 6.61. The van der Waals surface area contributed by atoms with Crippen LogP contribution in [0, 0.1) is 5.82 Å². The van der Waals surface area contributed by atoms with Gasteiger partial charge < -0.3 is 0 Å². The van der Waals surface area contributed by atoms with Crippen LogP contribution in [0.1, 0.15) is 29.3 Å². The number of benzene rings is 3. The van der Waals surface area contributed by atoms with E-state index in [2.05, 4.69) is 46.4 Å². The largest absolute Gasteiger partial charge is 0.280 e. The van der Waals surface area contributed by atoms with Crippen molar-refractivity contribution in [1.29, 1.82) is 0 Å². The van der Waals surface area contributed by atoms with E-state index in [9.17, 15) is 4.39 Å². The Bertz CT molecular complexity index is 923. The SMILES string of the molecule is CSc1ccc(C2N(Cc3ccccc3F)CCCN2Cc2ccccc2Cl)cc1. The molecule has 0 spiro atoms. The first kappa shape index (κ1) is 21.4. The summed E-state index contributed by atoms with van der Waals surface area (Å²) in [6.45, 7) is 3.26. The van der Waals surface area contributed by atoms with Gasteiger partial charge in [-0.3, -0.25) is 9.80 Å². The molecule has 3 aromatic rings. The molecule has 0 aliphatic carbocycles. The van der Waals surface area contributed by atoms with Gasteiger partial charge in [-0.25, -0.2) is 4.39 Å². The fourth-order valence-electron chi connectivity index (χ4n) is 4.17. The standard InChI is InChI=1S/C25H26ClFN2S/c1-30-22-13-11-19(12-14-22)25-28(17-20-7-2-4-9-23(20)26)15-6-16-29(25)18-21-8-3-5-10-24(21)27/h2-5,7-14,25H,6,15-18H2,1H3. The third-order valence-electron chi connectivity index (χ3n) is 5.66. The summed E-state index contributed by atoms with van der Waals surface area (Å²) in [6, 6.07) is 23.9. The lowest BCUT2D eigenvalue weighted by Crippen LogP contribution is -2.47. The lowest BCUT2D eigenvalue weighted by molar-refractivity contribution is -0.00965. The highest BCUT2D eigenvalue weighted by atomic mass is 35.5. The molecule has 0 aromatic heterocycles.